The highest BCUT2D eigenvalue weighted by molar-refractivity contribution is 5.78. The van der Waals surface area contributed by atoms with Gasteiger partial charge >= 0.3 is 0 Å². The number of benzene rings is 1. The highest BCUT2D eigenvalue weighted by Gasteiger charge is 2.34. The third-order valence-corrected chi connectivity index (χ3v) is 6.04. The molecule has 1 heterocycles. The second kappa shape index (κ2) is 19.1. The van der Waals surface area contributed by atoms with Gasteiger partial charge in [0.1, 0.15) is 5.78 Å². The number of rotatable bonds is 13. The second-order valence-corrected chi connectivity index (χ2v) is 8.13. The van der Waals surface area contributed by atoms with Crippen LogP contribution in [0.15, 0.2) is 30.3 Å². The van der Waals surface area contributed by atoms with Gasteiger partial charge in [0.15, 0.2) is 0 Å². The van der Waals surface area contributed by atoms with Gasteiger partial charge in [-0.2, -0.15) is 0 Å². The van der Waals surface area contributed by atoms with Gasteiger partial charge in [-0.3, -0.25) is 9.59 Å². The van der Waals surface area contributed by atoms with E-state index in [-0.39, 0.29) is 0 Å². The van der Waals surface area contributed by atoms with Crippen molar-refractivity contribution in [1.82, 2.24) is 4.90 Å². The minimum atomic E-state index is 0.338. The molecule has 1 atom stereocenters. The molecule has 1 aliphatic heterocycles. The predicted molar refractivity (Wildman–Crippen MR) is 134 cm³/mol. The average molecular weight is 432 g/mol. The van der Waals surface area contributed by atoms with Crippen LogP contribution in [-0.2, 0) is 9.59 Å². The maximum Gasteiger partial charge on any atom is 0.222 e. The van der Waals surface area contributed by atoms with Gasteiger partial charge in [0.2, 0.25) is 5.91 Å². The maximum atomic E-state index is 12.3. The second-order valence-electron chi connectivity index (χ2n) is 8.13. The highest BCUT2D eigenvalue weighted by Crippen LogP contribution is 2.32. The van der Waals surface area contributed by atoms with E-state index in [1.165, 1.54) is 31.2 Å². The quantitative estimate of drug-likeness (QED) is 0.299. The summed E-state index contributed by atoms with van der Waals surface area (Å²) in [6.07, 6.45) is 10.2. The molecule has 0 bridgehead atoms. The standard InChI is InChI=1S/C24H37NO2.2C2H6/c1-3-23(26)16-12-7-5-4-6-8-13-17-24(27)25-18-22(19-25)20(2)21-14-10-9-11-15-21;2*1-2/h9-11,14-15,20,22H,3-8,12-13,16-19H2,1-2H3;2*1-2H3. The molecule has 1 aromatic rings. The van der Waals surface area contributed by atoms with Crippen LogP contribution in [0.2, 0.25) is 0 Å². The first-order valence-electron chi connectivity index (χ1n) is 13.0. The molecule has 1 aromatic carbocycles. The first kappa shape index (κ1) is 29.4. The number of amides is 1. The van der Waals surface area contributed by atoms with Crippen LogP contribution in [0, 0.1) is 5.92 Å². The predicted octanol–water partition coefficient (Wildman–Crippen LogP) is 7.79. The Morgan fingerprint density at radius 1 is 0.839 bits per heavy atom. The summed E-state index contributed by atoms with van der Waals surface area (Å²) in [5.74, 6) is 1.86. The van der Waals surface area contributed by atoms with Crippen LogP contribution < -0.4 is 0 Å². The Morgan fingerprint density at radius 2 is 1.32 bits per heavy atom. The lowest BCUT2D eigenvalue weighted by Gasteiger charge is -2.42. The Balaban J connectivity index is 0.00000212. The van der Waals surface area contributed by atoms with Gasteiger partial charge < -0.3 is 4.90 Å². The molecule has 1 aliphatic rings. The largest absolute Gasteiger partial charge is 0.342 e. The monoisotopic (exact) mass is 431 g/mol. The van der Waals surface area contributed by atoms with E-state index in [0.29, 0.717) is 36.4 Å². The number of carbonyl (C=O) groups excluding carboxylic acids is 2. The average Bonchev–Trinajstić information content (AvgIpc) is 2.79. The number of hydrogen-bond donors (Lipinski definition) is 0. The molecule has 31 heavy (non-hydrogen) atoms. The minimum absolute atomic E-state index is 0.338. The minimum Gasteiger partial charge on any atom is -0.342 e. The van der Waals surface area contributed by atoms with Crippen molar-refractivity contribution in [1.29, 1.82) is 0 Å². The zero-order chi connectivity index (χ0) is 23.5. The van der Waals surface area contributed by atoms with Crippen molar-refractivity contribution in [3.05, 3.63) is 35.9 Å². The number of ketones is 1. The topological polar surface area (TPSA) is 37.4 Å². The van der Waals surface area contributed by atoms with Crippen LogP contribution in [-0.4, -0.2) is 29.7 Å². The molecule has 0 aliphatic carbocycles. The van der Waals surface area contributed by atoms with Gasteiger partial charge in [-0.1, -0.05) is 104 Å². The lowest BCUT2D eigenvalue weighted by Crippen LogP contribution is -2.51. The molecule has 178 valence electrons. The Morgan fingerprint density at radius 3 is 1.84 bits per heavy atom. The number of nitrogens with zero attached hydrogens (tertiary/aromatic N) is 1. The van der Waals surface area contributed by atoms with Crippen molar-refractivity contribution >= 4 is 11.7 Å². The Kier molecular flexibility index (Phi) is 18.1. The molecule has 0 saturated carbocycles. The smallest absolute Gasteiger partial charge is 0.222 e. The summed E-state index contributed by atoms with van der Waals surface area (Å²) < 4.78 is 0. The molecular weight excluding hydrogens is 382 g/mol. The van der Waals surface area contributed by atoms with Crippen LogP contribution in [0.5, 0.6) is 0 Å². The van der Waals surface area contributed by atoms with E-state index >= 15 is 0 Å². The normalized spacial score (nSPS) is 13.8. The van der Waals surface area contributed by atoms with Gasteiger partial charge in [-0.25, -0.2) is 0 Å². The first-order valence-corrected chi connectivity index (χ1v) is 13.0. The fourth-order valence-electron chi connectivity index (χ4n) is 3.88. The van der Waals surface area contributed by atoms with Gasteiger partial charge in [-0.15, -0.1) is 0 Å². The molecule has 1 amide bonds. The van der Waals surface area contributed by atoms with E-state index in [1.807, 2.05) is 39.5 Å². The molecule has 0 N–H and O–H groups in total. The van der Waals surface area contributed by atoms with Crippen LogP contribution in [0.25, 0.3) is 0 Å². The third kappa shape index (κ3) is 12.1. The van der Waals surface area contributed by atoms with E-state index in [9.17, 15) is 9.59 Å². The number of unbranched alkanes of at least 4 members (excludes halogenated alkanes) is 6. The summed E-state index contributed by atoms with van der Waals surface area (Å²) >= 11 is 0. The van der Waals surface area contributed by atoms with Crippen molar-refractivity contribution in [2.24, 2.45) is 5.92 Å². The Labute approximate surface area is 193 Å². The van der Waals surface area contributed by atoms with Crippen molar-refractivity contribution in [2.75, 3.05) is 13.1 Å². The van der Waals surface area contributed by atoms with Crippen molar-refractivity contribution < 1.29 is 9.59 Å². The molecule has 0 aromatic heterocycles. The Hall–Kier alpha value is -1.64. The van der Waals surface area contributed by atoms with E-state index in [2.05, 4.69) is 37.3 Å². The van der Waals surface area contributed by atoms with Crippen LogP contribution in [0.4, 0.5) is 0 Å². The third-order valence-electron chi connectivity index (χ3n) is 6.04. The van der Waals surface area contributed by atoms with Gasteiger partial charge in [-0.05, 0) is 24.3 Å². The number of hydrogen-bond acceptors (Lipinski definition) is 2. The number of Topliss-reactive ketones (excluding diaryl/α,β-unsaturated/α-hetero) is 1. The lowest BCUT2D eigenvalue weighted by atomic mass is 9.82. The molecule has 3 heteroatoms. The maximum absolute atomic E-state index is 12.3. The van der Waals surface area contributed by atoms with Gasteiger partial charge in [0, 0.05) is 38.3 Å². The van der Waals surface area contributed by atoms with E-state index < -0.39 is 0 Å². The van der Waals surface area contributed by atoms with Crippen LogP contribution in [0.1, 0.15) is 117 Å². The summed E-state index contributed by atoms with van der Waals surface area (Å²) in [6.45, 7) is 14.1. The van der Waals surface area contributed by atoms with Crippen LogP contribution in [0.3, 0.4) is 0 Å². The van der Waals surface area contributed by atoms with E-state index in [0.717, 1.165) is 38.8 Å². The summed E-state index contributed by atoms with van der Waals surface area (Å²) in [7, 11) is 0. The van der Waals surface area contributed by atoms with Crippen molar-refractivity contribution in [3.63, 3.8) is 0 Å². The molecule has 3 nitrogen and oxygen atoms in total. The van der Waals surface area contributed by atoms with E-state index in [1.54, 1.807) is 0 Å². The summed E-state index contributed by atoms with van der Waals surface area (Å²) in [5, 5.41) is 0. The fourth-order valence-corrected chi connectivity index (χ4v) is 3.88. The number of likely N-dealkylation sites (tertiary alicyclic amines) is 1. The molecule has 1 unspecified atom stereocenters. The summed E-state index contributed by atoms with van der Waals surface area (Å²) in [5.41, 5.74) is 1.38. The molecule has 2 rings (SSSR count). The first-order chi connectivity index (χ1) is 15.1. The van der Waals surface area contributed by atoms with Gasteiger partial charge in [0.25, 0.3) is 0 Å². The molecular formula is C28H49NO2. The fraction of sp³-hybridized carbons (Fsp3) is 0.714. The SMILES string of the molecule is CC.CC.CCC(=O)CCCCCCCCCC(=O)N1CC(C(C)c2ccccc2)C1. The van der Waals surface area contributed by atoms with E-state index in [4.69, 9.17) is 0 Å². The Bertz CT molecular complexity index is 564. The molecule has 0 spiro atoms. The molecule has 1 fully saturated rings. The lowest BCUT2D eigenvalue weighted by molar-refractivity contribution is -0.138. The molecule has 0 radical (unpaired) electrons. The highest BCUT2D eigenvalue weighted by atomic mass is 16.2. The zero-order valence-electron chi connectivity index (χ0n) is 21.3. The summed E-state index contributed by atoms with van der Waals surface area (Å²) in [4.78, 5) is 25.6. The molecule has 1 saturated heterocycles. The van der Waals surface area contributed by atoms with Crippen molar-refractivity contribution in [2.45, 2.75) is 112 Å². The van der Waals surface area contributed by atoms with Gasteiger partial charge in [0.05, 0.1) is 0 Å². The summed E-state index contributed by atoms with van der Waals surface area (Å²) in [6, 6.07) is 10.6. The number of carbonyl (C=O) groups is 2. The zero-order valence-corrected chi connectivity index (χ0v) is 21.3. The van der Waals surface area contributed by atoms with Crippen molar-refractivity contribution in [3.8, 4) is 0 Å². The van der Waals surface area contributed by atoms with Crippen LogP contribution >= 0.6 is 0 Å².